The molecular weight excluding hydrogens is 356 g/mol. The van der Waals surface area contributed by atoms with E-state index in [0.29, 0.717) is 0 Å². The Balaban J connectivity index is 2.19. The summed E-state index contributed by atoms with van der Waals surface area (Å²) in [6.45, 7) is 2.08. The fourth-order valence-corrected chi connectivity index (χ4v) is 3.24. The van der Waals surface area contributed by atoms with Gasteiger partial charge < -0.3 is 4.98 Å². The van der Waals surface area contributed by atoms with Gasteiger partial charge in [-0.1, -0.05) is 37.9 Å². The molecule has 1 heterocycles. The maximum absolute atomic E-state index is 4.61. The molecule has 0 saturated carbocycles. The van der Waals surface area contributed by atoms with Gasteiger partial charge in [-0.2, -0.15) is 0 Å². The van der Waals surface area contributed by atoms with Gasteiger partial charge >= 0.3 is 0 Å². The van der Waals surface area contributed by atoms with Crippen LogP contribution in [0.3, 0.4) is 0 Å². The first kappa shape index (κ1) is 11.9. The number of hydrogen-bond donors (Lipinski definition) is 1. The Morgan fingerprint density at radius 2 is 1.72 bits per heavy atom. The van der Waals surface area contributed by atoms with E-state index in [1.807, 2.05) is 12.1 Å². The van der Waals surface area contributed by atoms with E-state index in [1.165, 1.54) is 5.56 Å². The average molecular weight is 366 g/mol. The minimum atomic E-state index is 0.887. The first-order valence-corrected chi connectivity index (χ1v) is 7.13. The van der Waals surface area contributed by atoms with Gasteiger partial charge in [0.1, 0.15) is 5.82 Å². The summed E-state index contributed by atoms with van der Waals surface area (Å²) in [4.78, 5) is 7.96. The van der Waals surface area contributed by atoms with Crippen molar-refractivity contribution >= 4 is 42.9 Å². The van der Waals surface area contributed by atoms with Crippen LogP contribution in [0, 0.1) is 6.92 Å². The van der Waals surface area contributed by atoms with Crippen molar-refractivity contribution in [3.63, 3.8) is 0 Å². The van der Waals surface area contributed by atoms with Crippen LogP contribution >= 0.6 is 31.9 Å². The Hall–Kier alpha value is -1.13. The average Bonchev–Trinajstić information content (AvgIpc) is 2.70. The second kappa shape index (κ2) is 4.52. The highest BCUT2D eigenvalue weighted by atomic mass is 79.9. The summed E-state index contributed by atoms with van der Waals surface area (Å²) in [6, 6.07) is 12.3. The lowest BCUT2D eigenvalue weighted by Gasteiger charge is -1.99. The number of aromatic amines is 1. The molecule has 0 spiro atoms. The highest BCUT2D eigenvalue weighted by Gasteiger charge is 2.06. The summed E-state index contributed by atoms with van der Waals surface area (Å²) >= 11 is 6.99. The molecule has 0 aliphatic rings. The third-order valence-electron chi connectivity index (χ3n) is 2.77. The molecule has 0 bridgehead atoms. The monoisotopic (exact) mass is 364 g/mol. The molecule has 0 amide bonds. The molecule has 0 aliphatic heterocycles. The minimum Gasteiger partial charge on any atom is -0.338 e. The lowest BCUT2D eigenvalue weighted by atomic mass is 10.2. The summed E-state index contributed by atoms with van der Waals surface area (Å²) < 4.78 is 2.06. The van der Waals surface area contributed by atoms with E-state index in [4.69, 9.17) is 0 Å². The van der Waals surface area contributed by atoms with Gasteiger partial charge in [-0.05, 0) is 42.8 Å². The summed E-state index contributed by atoms with van der Waals surface area (Å²) in [6.07, 6.45) is 0. The first-order chi connectivity index (χ1) is 8.61. The Morgan fingerprint density at radius 3 is 2.44 bits per heavy atom. The van der Waals surface area contributed by atoms with Crippen LogP contribution in [0.15, 0.2) is 45.3 Å². The zero-order valence-corrected chi connectivity index (χ0v) is 12.8. The number of nitrogens with one attached hydrogen (secondary N) is 1. The quantitative estimate of drug-likeness (QED) is 0.641. The minimum absolute atomic E-state index is 0.887. The van der Waals surface area contributed by atoms with Crippen LogP contribution in [0.4, 0.5) is 0 Å². The fraction of sp³-hybridized carbons (Fsp3) is 0.0714. The molecule has 1 aromatic heterocycles. The van der Waals surface area contributed by atoms with Crippen LogP contribution in [0.2, 0.25) is 0 Å². The van der Waals surface area contributed by atoms with Gasteiger partial charge in [0.15, 0.2) is 0 Å². The Kier molecular flexibility index (Phi) is 2.99. The lowest BCUT2D eigenvalue weighted by molar-refractivity contribution is 1.33. The molecular formula is C14H10Br2N2. The number of halogens is 2. The van der Waals surface area contributed by atoms with Crippen LogP contribution in [0.5, 0.6) is 0 Å². The predicted molar refractivity (Wildman–Crippen MR) is 81.7 cm³/mol. The van der Waals surface area contributed by atoms with Crippen LogP contribution in [0.1, 0.15) is 5.56 Å². The van der Waals surface area contributed by atoms with Crippen molar-refractivity contribution in [1.29, 1.82) is 0 Å². The van der Waals surface area contributed by atoms with Crippen molar-refractivity contribution in [1.82, 2.24) is 9.97 Å². The van der Waals surface area contributed by atoms with E-state index in [1.54, 1.807) is 0 Å². The number of aryl methyl sites for hydroxylation is 1. The molecule has 3 aromatic rings. The van der Waals surface area contributed by atoms with E-state index in [2.05, 4.69) is 73.0 Å². The van der Waals surface area contributed by atoms with Gasteiger partial charge in [-0.25, -0.2) is 4.98 Å². The van der Waals surface area contributed by atoms with E-state index >= 15 is 0 Å². The molecule has 90 valence electrons. The number of rotatable bonds is 1. The number of hydrogen-bond acceptors (Lipinski definition) is 1. The third kappa shape index (κ3) is 2.22. The molecule has 0 atom stereocenters. The van der Waals surface area contributed by atoms with Gasteiger partial charge in [0.2, 0.25) is 0 Å². The Morgan fingerprint density at radius 1 is 1.00 bits per heavy atom. The molecule has 0 radical (unpaired) electrons. The van der Waals surface area contributed by atoms with Gasteiger partial charge in [0, 0.05) is 14.5 Å². The number of benzene rings is 2. The lowest BCUT2D eigenvalue weighted by Crippen LogP contribution is -1.80. The topological polar surface area (TPSA) is 28.7 Å². The van der Waals surface area contributed by atoms with Crippen LogP contribution in [0.25, 0.3) is 22.4 Å². The Labute approximate surface area is 122 Å². The van der Waals surface area contributed by atoms with Crippen molar-refractivity contribution in [2.45, 2.75) is 6.92 Å². The van der Waals surface area contributed by atoms with E-state index in [-0.39, 0.29) is 0 Å². The summed E-state index contributed by atoms with van der Waals surface area (Å²) in [5.74, 6) is 0.887. The number of H-pyrrole nitrogens is 1. The molecule has 0 fully saturated rings. The molecule has 4 heteroatoms. The Bertz CT molecular complexity index is 711. The van der Waals surface area contributed by atoms with Gasteiger partial charge in [0.25, 0.3) is 0 Å². The molecule has 0 aliphatic carbocycles. The zero-order chi connectivity index (χ0) is 12.7. The summed E-state index contributed by atoms with van der Waals surface area (Å²) in [7, 11) is 0. The zero-order valence-electron chi connectivity index (χ0n) is 9.67. The maximum atomic E-state index is 4.61. The molecule has 2 aromatic carbocycles. The van der Waals surface area contributed by atoms with Gasteiger partial charge in [0.05, 0.1) is 11.0 Å². The van der Waals surface area contributed by atoms with Gasteiger partial charge in [-0.15, -0.1) is 0 Å². The number of imidazole rings is 1. The van der Waals surface area contributed by atoms with E-state index in [0.717, 1.165) is 31.4 Å². The van der Waals surface area contributed by atoms with Crippen molar-refractivity contribution in [2.75, 3.05) is 0 Å². The maximum Gasteiger partial charge on any atom is 0.138 e. The number of aromatic nitrogens is 2. The largest absolute Gasteiger partial charge is 0.338 e. The summed E-state index contributed by atoms with van der Waals surface area (Å²) in [5.41, 5.74) is 4.35. The van der Waals surface area contributed by atoms with Crippen molar-refractivity contribution in [2.24, 2.45) is 0 Å². The van der Waals surface area contributed by atoms with Gasteiger partial charge in [-0.3, -0.25) is 0 Å². The molecule has 0 saturated heterocycles. The highest BCUT2D eigenvalue weighted by Crippen LogP contribution is 2.27. The van der Waals surface area contributed by atoms with Crippen LogP contribution in [-0.2, 0) is 0 Å². The molecule has 18 heavy (non-hydrogen) atoms. The van der Waals surface area contributed by atoms with Crippen molar-refractivity contribution in [3.05, 3.63) is 50.9 Å². The molecule has 0 unspecified atom stereocenters. The standard InChI is InChI=1S/C14H10Br2N2/c1-8-2-3-12-13(4-8)18-14(17-12)9-5-10(15)7-11(16)6-9/h2-7H,1H3,(H,17,18). The normalized spacial score (nSPS) is 11.1. The second-order valence-electron chi connectivity index (χ2n) is 4.26. The number of fused-ring (bicyclic) bond motifs is 1. The summed E-state index contributed by atoms with van der Waals surface area (Å²) in [5, 5.41) is 0. The van der Waals surface area contributed by atoms with Crippen LogP contribution in [-0.4, -0.2) is 9.97 Å². The molecule has 3 rings (SSSR count). The smallest absolute Gasteiger partial charge is 0.138 e. The SMILES string of the molecule is Cc1ccc2nc(-c3cc(Br)cc(Br)c3)[nH]c2c1. The predicted octanol–water partition coefficient (Wildman–Crippen LogP) is 5.06. The second-order valence-corrected chi connectivity index (χ2v) is 6.10. The van der Waals surface area contributed by atoms with Crippen molar-refractivity contribution in [3.8, 4) is 11.4 Å². The molecule has 1 N–H and O–H groups in total. The molecule has 2 nitrogen and oxygen atoms in total. The highest BCUT2D eigenvalue weighted by molar-refractivity contribution is 9.11. The van der Waals surface area contributed by atoms with E-state index in [9.17, 15) is 0 Å². The van der Waals surface area contributed by atoms with Crippen molar-refractivity contribution < 1.29 is 0 Å². The number of nitrogens with zero attached hydrogens (tertiary/aromatic N) is 1. The fourth-order valence-electron chi connectivity index (χ4n) is 1.95. The van der Waals surface area contributed by atoms with Crippen LogP contribution < -0.4 is 0 Å². The van der Waals surface area contributed by atoms with E-state index < -0.39 is 0 Å². The first-order valence-electron chi connectivity index (χ1n) is 5.55. The third-order valence-corrected chi connectivity index (χ3v) is 3.69.